The molecule has 3 rings (SSSR count). The predicted molar refractivity (Wildman–Crippen MR) is 94.5 cm³/mol. The highest BCUT2D eigenvalue weighted by atomic mass is 35.5. The Morgan fingerprint density at radius 2 is 1.72 bits per heavy atom. The largest absolute Gasteiger partial charge is 0.482 e. The van der Waals surface area contributed by atoms with Gasteiger partial charge in [0.25, 0.3) is 0 Å². The number of ether oxygens (including phenoxy) is 1. The molecule has 0 bridgehead atoms. The third-order valence-electron chi connectivity index (χ3n) is 3.78. The van der Waals surface area contributed by atoms with Crippen molar-refractivity contribution in [1.82, 2.24) is 4.98 Å². The minimum atomic E-state index is -0.849. The van der Waals surface area contributed by atoms with Crippen LogP contribution in [-0.2, 0) is 0 Å². The Labute approximate surface area is 149 Å². The first-order chi connectivity index (χ1) is 12.0. The summed E-state index contributed by atoms with van der Waals surface area (Å²) in [5.74, 6) is -0.935. The van der Waals surface area contributed by atoms with Gasteiger partial charge in [0.15, 0.2) is 11.6 Å². The molecule has 2 aromatic carbocycles. The van der Waals surface area contributed by atoms with E-state index in [1.807, 2.05) is 30.3 Å². The van der Waals surface area contributed by atoms with Gasteiger partial charge in [-0.1, -0.05) is 41.9 Å². The molecule has 0 radical (unpaired) electrons. The van der Waals surface area contributed by atoms with E-state index in [2.05, 4.69) is 4.98 Å². The molecular formula is C19H15ClF2N2O. The van der Waals surface area contributed by atoms with E-state index >= 15 is 0 Å². The molecule has 2 N–H and O–H groups in total. The minimum absolute atomic E-state index is 0.0637. The van der Waals surface area contributed by atoms with Crippen LogP contribution in [0.15, 0.2) is 54.7 Å². The highest BCUT2D eigenvalue weighted by Gasteiger charge is 2.21. The lowest BCUT2D eigenvalue weighted by Crippen LogP contribution is -2.09. The lowest BCUT2D eigenvalue weighted by Gasteiger charge is -2.18. The van der Waals surface area contributed by atoms with E-state index in [0.717, 1.165) is 23.3 Å². The quantitative estimate of drug-likeness (QED) is 0.633. The van der Waals surface area contributed by atoms with Crippen molar-refractivity contribution in [2.24, 2.45) is 0 Å². The summed E-state index contributed by atoms with van der Waals surface area (Å²) in [7, 11) is 0. The van der Waals surface area contributed by atoms with Crippen molar-refractivity contribution < 1.29 is 13.5 Å². The Bertz CT molecular complexity index is 903. The number of hydrogen-bond acceptors (Lipinski definition) is 3. The van der Waals surface area contributed by atoms with E-state index in [0.29, 0.717) is 0 Å². The Kier molecular flexibility index (Phi) is 4.86. The normalized spacial score (nSPS) is 12.0. The standard InChI is InChI=1S/C19H15ClF2N2O/c1-11(17-14(21)7-8-15(22)18(17)20)25-16-9-13(10-24-19(16)23)12-5-3-2-4-6-12/h2-11H,1H3,(H2,23,24). The molecule has 1 unspecified atom stereocenters. The second kappa shape index (κ2) is 7.07. The molecule has 6 heteroatoms. The summed E-state index contributed by atoms with van der Waals surface area (Å²) in [6, 6.07) is 13.2. The maximum atomic E-state index is 14.1. The third kappa shape index (κ3) is 3.56. The molecule has 0 aliphatic carbocycles. The van der Waals surface area contributed by atoms with Crippen LogP contribution in [-0.4, -0.2) is 4.98 Å². The van der Waals surface area contributed by atoms with Crippen LogP contribution in [0.1, 0.15) is 18.6 Å². The smallest absolute Gasteiger partial charge is 0.166 e. The summed E-state index contributed by atoms with van der Waals surface area (Å²) in [4.78, 5) is 4.12. The fourth-order valence-electron chi connectivity index (χ4n) is 2.50. The van der Waals surface area contributed by atoms with E-state index in [1.54, 1.807) is 19.2 Å². The molecule has 0 aliphatic rings. The average Bonchev–Trinajstić information content (AvgIpc) is 2.61. The number of nitrogens with two attached hydrogens (primary N) is 1. The number of pyridine rings is 1. The maximum absolute atomic E-state index is 14.1. The molecular weight excluding hydrogens is 346 g/mol. The zero-order valence-corrected chi connectivity index (χ0v) is 14.1. The number of halogens is 3. The molecule has 0 spiro atoms. The lowest BCUT2D eigenvalue weighted by molar-refractivity contribution is 0.221. The second-order valence-corrected chi connectivity index (χ2v) is 5.87. The average molecular weight is 361 g/mol. The second-order valence-electron chi connectivity index (χ2n) is 5.49. The zero-order chi connectivity index (χ0) is 18.0. The Balaban J connectivity index is 1.94. The van der Waals surface area contributed by atoms with Crippen LogP contribution in [0, 0.1) is 11.6 Å². The van der Waals surface area contributed by atoms with Crippen molar-refractivity contribution in [1.29, 1.82) is 0 Å². The third-order valence-corrected chi connectivity index (χ3v) is 4.16. The van der Waals surface area contributed by atoms with Crippen molar-refractivity contribution in [3.63, 3.8) is 0 Å². The van der Waals surface area contributed by atoms with Gasteiger partial charge in [-0.05, 0) is 30.7 Å². The van der Waals surface area contributed by atoms with Gasteiger partial charge in [0, 0.05) is 17.3 Å². The van der Waals surface area contributed by atoms with Crippen LogP contribution in [0.25, 0.3) is 11.1 Å². The summed E-state index contributed by atoms with van der Waals surface area (Å²) in [5, 5.41) is -0.307. The molecule has 128 valence electrons. The van der Waals surface area contributed by atoms with Crippen molar-refractivity contribution in [2.75, 3.05) is 5.73 Å². The van der Waals surface area contributed by atoms with Gasteiger partial charge >= 0.3 is 0 Å². The van der Waals surface area contributed by atoms with Gasteiger partial charge in [0.05, 0.1) is 5.02 Å². The maximum Gasteiger partial charge on any atom is 0.166 e. The van der Waals surface area contributed by atoms with Gasteiger partial charge < -0.3 is 10.5 Å². The molecule has 0 amide bonds. The number of aromatic nitrogens is 1. The number of rotatable bonds is 4. The number of benzene rings is 2. The predicted octanol–water partition coefficient (Wildman–Crippen LogP) is 5.40. The van der Waals surface area contributed by atoms with Gasteiger partial charge in [-0.2, -0.15) is 0 Å². The molecule has 25 heavy (non-hydrogen) atoms. The summed E-state index contributed by atoms with van der Waals surface area (Å²) < 4.78 is 33.4. The van der Waals surface area contributed by atoms with E-state index < -0.39 is 17.7 Å². The molecule has 0 aliphatic heterocycles. The van der Waals surface area contributed by atoms with E-state index in [-0.39, 0.29) is 22.2 Å². The molecule has 1 heterocycles. The minimum Gasteiger partial charge on any atom is -0.482 e. The van der Waals surface area contributed by atoms with Crippen LogP contribution >= 0.6 is 11.6 Å². The summed E-state index contributed by atoms with van der Waals surface area (Å²) in [6.45, 7) is 1.57. The fourth-order valence-corrected chi connectivity index (χ4v) is 2.81. The van der Waals surface area contributed by atoms with Crippen LogP contribution in [0.2, 0.25) is 5.02 Å². The molecule has 1 atom stereocenters. The summed E-state index contributed by atoms with van der Waals surface area (Å²) >= 11 is 5.88. The highest BCUT2D eigenvalue weighted by molar-refractivity contribution is 6.31. The van der Waals surface area contributed by atoms with Gasteiger partial charge in [-0.25, -0.2) is 13.8 Å². The number of nitrogen functional groups attached to an aromatic ring is 1. The van der Waals surface area contributed by atoms with Crippen molar-refractivity contribution in [2.45, 2.75) is 13.0 Å². The van der Waals surface area contributed by atoms with E-state index in [4.69, 9.17) is 22.1 Å². The summed E-state index contributed by atoms with van der Waals surface area (Å²) in [6.07, 6.45) is 0.774. The molecule has 0 saturated heterocycles. The Hall–Kier alpha value is -2.66. The summed E-state index contributed by atoms with van der Waals surface area (Å²) in [5.41, 5.74) is 7.53. The molecule has 3 nitrogen and oxygen atoms in total. The lowest BCUT2D eigenvalue weighted by atomic mass is 10.1. The van der Waals surface area contributed by atoms with Crippen LogP contribution < -0.4 is 10.5 Å². The van der Waals surface area contributed by atoms with Crippen LogP contribution in [0.4, 0.5) is 14.6 Å². The number of nitrogens with zero attached hydrogens (tertiary/aromatic N) is 1. The van der Waals surface area contributed by atoms with Crippen molar-refractivity contribution >= 4 is 17.4 Å². The topological polar surface area (TPSA) is 48.1 Å². The molecule has 1 aromatic heterocycles. The monoisotopic (exact) mass is 360 g/mol. The van der Waals surface area contributed by atoms with Crippen LogP contribution in [0.3, 0.4) is 0 Å². The van der Waals surface area contributed by atoms with Crippen molar-refractivity contribution in [3.8, 4) is 16.9 Å². The van der Waals surface area contributed by atoms with E-state index in [1.165, 1.54) is 0 Å². The SMILES string of the molecule is CC(Oc1cc(-c2ccccc2)cnc1N)c1c(F)ccc(F)c1Cl. The van der Waals surface area contributed by atoms with Gasteiger partial charge in [0.2, 0.25) is 0 Å². The van der Waals surface area contributed by atoms with Gasteiger partial charge in [-0.3, -0.25) is 0 Å². The molecule has 0 saturated carbocycles. The van der Waals surface area contributed by atoms with Crippen molar-refractivity contribution in [3.05, 3.63) is 76.9 Å². The zero-order valence-electron chi connectivity index (χ0n) is 13.3. The fraction of sp³-hybridized carbons (Fsp3) is 0.105. The highest BCUT2D eigenvalue weighted by Crippen LogP contribution is 2.34. The first-order valence-corrected chi connectivity index (χ1v) is 7.96. The number of anilines is 1. The van der Waals surface area contributed by atoms with Gasteiger partial charge in [-0.15, -0.1) is 0 Å². The molecule has 3 aromatic rings. The van der Waals surface area contributed by atoms with E-state index in [9.17, 15) is 8.78 Å². The first kappa shape index (κ1) is 17.2. The molecule has 0 fully saturated rings. The Morgan fingerprint density at radius 1 is 1.04 bits per heavy atom. The van der Waals surface area contributed by atoms with Gasteiger partial charge in [0.1, 0.15) is 17.7 Å². The Morgan fingerprint density at radius 3 is 2.44 bits per heavy atom. The first-order valence-electron chi connectivity index (χ1n) is 7.58. The number of hydrogen-bond donors (Lipinski definition) is 1. The van der Waals surface area contributed by atoms with Crippen LogP contribution in [0.5, 0.6) is 5.75 Å².